The molecule has 3 aromatic heterocycles. The highest BCUT2D eigenvalue weighted by molar-refractivity contribution is 7.99. The van der Waals surface area contributed by atoms with E-state index in [4.69, 9.17) is 15.0 Å². The number of hydrogen-bond acceptors (Lipinski definition) is 5. The molecule has 3 aliphatic rings. The number of fused-ring (bicyclic) bond motifs is 11. The molecule has 1 aliphatic heterocycles. The molecule has 6 aromatic carbocycles. The quantitative estimate of drug-likeness (QED) is 0.177. The van der Waals surface area contributed by atoms with Gasteiger partial charge in [-0.2, -0.15) is 0 Å². The van der Waals surface area contributed by atoms with Gasteiger partial charge in [-0.3, -0.25) is 9.97 Å². The number of rotatable bonds is 4. The monoisotopic (exact) mass is 798 g/mol. The smallest absolute Gasteiger partial charge is 0.161 e. The maximum atomic E-state index is 5.34. The van der Waals surface area contributed by atoms with E-state index in [1.807, 2.05) is 48.4 Å². The van der Waals surface area contributed by atoms with E-state index in [9.17, 15) is 0 Å². The van der Waals surface area contributed by atoms with E-state index in [2.05, 4.69) is 171 Å². The Morgan fingerprint density at radius 3 is 1.93 bits per heavy atom. The summed E-state index contributed by atoms with van der Waals surface area (Å²) in [5, 5.41) is 0. The van der Waals surface area contributed by atoms with Crippen LogP contribution in [0.2, 0.25) is 0 Å². The third kappa shape index (κ3) is 5.47. The molecule has 0 saturated heterocycles. The molecule has 288 valence electrons. The van der Waals surface area contributed by atoms with Crippen LogP contribution in [0.1, 0.15) is 58.4 Å². The van der Waals surface area contributed by atoms with Crippen molar-refractivity contribution < 1.29 is 0 Å². The average Bonchev–Trinajstić information content (AvgIpc) is 3.44. The van der Waals surface area contributed by atoms with Gasteiger partial charge in [0.2, 0.25) is 0 Å². The van der Waals surface area contributed by atoms with E-state index in [1.54, 1.807) is 6.20 Å². The molecule has 12 rings (SSSR count). The molecule has 0 N–H and O–H groups in total. The molecule has 1 atom stereocenters. The Bertz CT molecular complexity index is 3250. The minimum Gasteiger partial charge on any atom is -0.264 e. The van der Waals surface area contributed by atoms with Gasteiger partial charge in [-0.15, -0.1) is 0 Å². The van der Waals surface area contributed by atoms with E-state index >= 15 is 0 Å². The summed E-state index contributed by atoms with van der Waals surface area (Å²) in [6.07, 6.45) is 10.1. The topological polar surface area (TPSA) is 51.6 Å². The van der Waals surface area contributed by atoms with Gasteiger partial charge >= 0.3 is 0 Å². The highest BCUT2D eigenvalue weighted by Crippen LogP contribution is 2.61. The molecule has 5 heteroatoms. The molecule has 61 heavy (non-hydrogen) atoms. The Morgan fingerprint density at radius 1 is 0.426 bits per heavy atom. The van der Waals surface area contributed by atoms with Crippen LogP contribution in [0, 0.1) is 0 Å². The molecule has 4 heterocycles. The third-order valence-electron chi connectivity index (χ3n) is 12.9. The predicted molar refractivity (Wildman–Crippen MR) is 248 cm³/mol. The van der Waals surface area contributed by atoms with Crippen LogP contribution >= 0.6 is 11.8 Å². The fourth-order valence-corrected chi connectivity index (χ4v) is 11.2. The van der Waals surface area contributed by atoms with Gasteiger partial charge in [0, 0.05) is 56.1 Å². The minimum absolute atomic E-state index is 0.116. The van der Waals surface area contributed by atoms with Gasteiger partial charge in [-0.25, -0.2) is 9.97 Å². The van der Waals surface area contributed by atoms with Crippen molar-refractivity contribution in [2.24, 2.45) is 0 Å². The van der Waals surface area contributed by atoms with E-state index in [0.29, 0.717) is 5.82 Å². The Balaban J connectivity index is 1.12. The van der Waals surface area contributed by atoms with Gasteiger partial charge in [0.25, 0.3) is 0 Å². The molecule has 0 amide bonds. The van der Waals surface area contributed by atoms with Crippen molar-refractivity contribution in [2.45, 2.75) is 34.5 Å². The number of hydrogen-bond donors (Lipinski definition) is 0. The van der Waals surface area contributed by atoms with Crippen LogP contribution in [-0.2, 0) is 10.8 Å². The summed E-state index contributed by atoms with van der Waals surface area (Å²) in [5.74, 6) is 0.623. The van der Waals surface area contributed by atoms with E-state index in [1.165, 1.54) is 65.4 Å². The lowest BCUT2D eigenvalue weighted by atomic mass is 9.62. The average molecular weight is 799 g/mol. The highest BCUT2D eigenvalue weighted by Gasteiger charge is 2.49. The standard InChI is InChI=1S/C56H38N4S/c1-55(2)44-19-9-7-17-41(44)42-30-48-53(31-47(42)55)61-52-21-11-10-20-45(52)56(48)43-18-8-6-13-35(43)22-23-36-24-25-38(29-46(36)56)51-32-50(37-14-4-3-5-15-37)59-54(60-51)40-26-27-49(58-34-40)39-16-12-28-57-33-39/h3-34H,1-2H3. The number of aromatic nitrogens is 4. The summed E-state index contributed by atoms with van der Waals surface area (Å²) in [4.78, 5) is 22.2. The zero-order chi connectivity index (χ0) is 40.7. The zero-order valence-electron chi connectivity index (χ0n) is 33.7. The fourth-order valence-electron chi connectivity index (χ4n) is 10.0. The molecule has 1 spiro atoms. The molecule has 2 aliphatic carbocycles. The van der Waals surface area contributed by atoms with Gasteiger partial charge in [0.15, 0.2) is 5.82 Å². The van der Waals surface area contributed by atoms with Gasteiger partial charge in [0.1, 0.15) is 0 Å². The van der Waals surface area contributed by atoms with Crippen LogP contribution in [-0.4, -0.2) is 19.9 Å². The molecule has 0 bridgehead atoms. The van der Waals surface area contributed by atoms with Crippen molar-refractivity contribution >= 4 is 23.9 Å². The molecule has 4 nitrogen and oxygen atoms in total. The Kier molecular flexibility index (Phi) is 8.00. The van der Waals surface area contributed by atoms with Crippen LogP contribution < -0.4 is 0 Å². The summed E-state index contributed by atoms with van der Waals surface area (Å²) in [5.41, 5.74) is 18.6. The largest absolute Gasteiger partial charge is 0.264 e. The van der Waals surface area contributed by atoms with Crippen molar-refractivity contribution in [2.75, 3.05) is 0 Å². The summed E-state index contributed by atoms with van der Waals surface area (Å²) >= 11 is 1.90. The molecule has 0 radical (unpaired) electrons. The van der Waals surface area contributed by atoms with Crippen LogP contribution in [0.25, 0.3) is 68.4 Å². The lowest BCUT2D eigenvalue weighted by Crippen LogP contribution is -2.35. The second-order valence-electron chi connectivity index (χ2n) is 16.6. The van der Waals surface area contributed by atoms with E-state index in [-0.39, 0.29) is 5.41 Å². The van der Waals surface area contributed by atoms with Gasteiger partial charge in [-0.05, 0) is 110 Å². The second-order valence-corrected chi connectivity index (χ2v) is 17.7. The van der Waals surface area contributed by atoms with Crippen molar-refractivity contribution in [1.82, 2.24) is 19.9 Å². The fraction of sp³-hybridized carbons (Fsp3) is 0.0714. The minimum atomic E-state index is -0.635. The first-order valence-corrected chi connectivity index (χ1v) is 21.6. The summed E-state index contributed by atoms with van der Waals surface area (Å²) in [6, 6.07) is 59.5. The molecule has 0 saturated carbocycles. The lowest BCUT2D eigenvalue weighted by Gasteiger charge is -2.43. The maximum absolute atomic E-state index is 5.34. The Hall–Kier alpha value is -7.21. The van der Waals surface area contributed by atoms with E-state index < -0.39 is 5.41 Å². The number of benzene rings is 6. The molecule has 9 aromatic rings. The summed E-state index contributed by atoms with van der Waals surface area (Å²) < 4.78 is 0. The second kappa shape index (κ2) is 13.7. The lowest BCUT2D eigenvalue weighted by molar-refractivity contribution is 0.653. The molecule has 1 unspecified atom stereocenters. The Labute approximate surface area is 359 Å². The van der Waals surface area contributed by atoms with Gasteiger partial charge in [0.05, 0.1) is 22.5 Å². The first-order chi connectivity index (χ1) is 30.0. The van der Waals surface area contributed by atoms with Crippen LogP contribution in [0.15, 0.2) is 192 Å². The predicted octanol–water partition coefficient (Wildman–Crippen LogP) is 13.6. The van der Waals surface area contributed by atoms with Crippen LogP contribution in [0.3, 0.4) is 0 Å². The number of pyridine rings is 2. The first kappa shape index (κ1) is 35.7. The SMILES string of the molecule is CC1(C)c2ccccc2-c2cc3c(cc21)Sc1ccccc1C31c2ccccc2C=Cc2ccc(-c3cc(-c4ccccc4)nc(-c4ccc(-c5cccnc5)nc4)n3)cc21. The molecule has 0 fully saturated rings. The summed E-state index contributed by atoms with van der Waals surface area (Å²) in [6.45, 7) is 4.75. The normalized spacial score (nSPS) is 16.1. The third-order valence-corrected chi connectivity index (χ3v) is 14.1. The van der Waals surface area contributed by atoms with Crippen molar-refractivity contribution in [3.63, 3.8) is 0 Å². The summed E-state index contributed by atoms with van der Waals surface area (Å²) in [7, 11) is 0. The van der Waals surface area contributed by atoms with Crippen molar-refractivity contribution in [3.8, 4) is 56.3 Å². The molecular weight excluding hydrogens is 761 g/mol. The van der Waals surface area contributed by atoms with E-state index in [0.717, 1.165) is 39.3 Å². The van der Waals surface area contributed by atoms with Gasteiger partial charge in [-0.1, -0.05) is 147 Å². The Morgan fingerprint density at radius 2 is 1.13 bits per heavy atom. The zero-order valence-corrected chi connectivity index (χ0v) is 34.5. The van der Waals surface area contributed by atoms with Gasteiger partial charge < -0.3 is 0 Å². The van der Waals surface area contributed by atoms with Crippen molar-refractivity contribution in [1.29, 1.82) is 0 Å². The van der Waals surface area contributed by atoms with Crippen LogP contribution in [0.5, 0.6) is 0 Å². The maximum Gasteiger partial charge on any atom is 0.161 e. The van der Waals surface area contributed by atoms with Crippen LogP contribution in [0.4, 0.5) is 0 Å². The van der Waals surface area contributed by atoms with Crippen molar-refractivity contribution in [3.05, 3.63) is 227 Å². The highest BCUT2D eigenvalue weighted by atomic mass is 32.2. The number of nitrogens with zero attached hydrogens (tertiary/aromatic N) is 4. The molecular formula is C56H38N4S. The first-order valence-electron chi connectivity index (χ1n) is 20.8.